The van der Waals surface area contributed by atoms with E-state index in [9.17, 15) is 4.79 Å². The smallest absolute Gasteiger partial charge is 0.132 e. The second-order valence-electron chi connectivity index (χ2n) is 4.61. The zero-order valence-corrected chi connectivity index (χ0v) is 9.33. The number of aryl methyl sites for hydroxylation is 1. The molecule has 0 N–H and O–H groups in total. The Morgan fingerprint density at radius 2 is 1.87 bits per heavy atom. The number of hydrogen-bond donors (Lipinski definition) is 0. The van der Waals surface area contributed by atoms with Gasteiger partial charge in [-0.05, 0) is 43.2 Å². The van der Waals surface area contributed by atoms with E-state index >= 15 is 0 Å². The Bertz CT molecular complexity index is 344. The highest BCUT2D eigenvalue weighted by molar-refractivity contribution is 5.79. The number of Topliss-reactive ketones (excluding diaryl/α,β-unsaturated/α-hetero) is 1. The summed E-state index contributed by atoms with van der Waals surface area (Å²) in [6, 6.07) is 8.58. The molecular formula is C14H18O. The van der Waals surface area contributed by atoms with Gasteiger partial charge in [-0.2, -0.15) is 0 Å². The van der Waals surface area contributed by atoms with E-state index in [2.05, 4.69) is 31.2 Å². The van der Waals surface area contributed by atoms with Crippen LogP contribution in [0, 0.1) is 12.8 Å². The van der Waals surface area contributed by atoms with E-state index in [0.29, 0.717) is 5.78 Å². The Morgan fingerprint density at radius 1 is 1.20 bits per heavy atom. The average molecular weight is 202 g/mol. The van der Waals surface area contributed by atoms with Gasteiger partial charge in [-0.1, -0.05) is 24.3 Å². The van der Waals surface area contributed by atoms with E-state index in [-0.39, 0.29) is 0 Å². The predicted octanol–water partition coefficient (Wildman–Crippen LogP) is 3.30. The first-order valence-corrected chi connectivity index (χ1v) is 5.82. The van der Waals surface area contributed by atoms with Crippen molar-refractivity contribution in [3.63, 3.8) is 0 Å². The van der Waals surface area contributed by atoms with Crippen LogP contribution < -0.4 is 0 Å². The third-order valence-electron chi connectivity index (χ3n) is 3.43. The predicted molar refractivity (Wildman–Crippen MR) is 61.8 cm³/mol. The molecule has 1 saturated carbocycles. The van der Waals surface area contributed by atoms with Gasteiger partial charge in [0.15, 0.2) is 0 Å². The number of ketones is 1. The minimum Gasteiger partial charge on any atom is -0.300 e. The van der Waals surface area contributed by atoms with Gasteiger partial charge in [0.05, 0.1) is 0 Å². The van der Waals surface area contributed by atoms with Crippen LogP contribution in [0.1, 0.15) is 36.8 Å². The van der Waals surface area contributed by atoms with Crippen LogP contribution in [0.2, 0.25) is 0 Å². The van der Waals surface area contributed by atoms with E-state index in [1.165, 1.54) is 11.1 Å². The molecule has 0 aromatic heterocycles. The summed E-state index contributed by atoms with van der Waals surface area (Å²) in [5, 5.41) is 0. The molecular weight excluding hydrogens is 184 g/mol. The third-order valence-corrected chi connectivity index (χ3v) is 3.43. The molecule has 2 rings (SSSR count). The lowest BCUT2D eigenvalue weighted by Crippen LogP contribution is -2.16. The van der Waals surface area contributed by atoms with Gasteiger partial charge in [0.25, 0.3) is 0 Å². The third kappa shape index (κ3) is 2.68. The molecule has 0 spiro atoms. The summed E-state index contributed by atoms with van der Waals surface area (Å²) in [5.74, 6) is 1.18. The van der Waals surface area contributed by atoms with Crippen molar-refractivity contribution in [1.29, 1.82) is 0 Å². The summed E-state index contributed by atoms with van der Waals surface area (Å²) in [4.78, 5) is 11.1. The second kappa shape index (κ2) is 4.61. The van der Waals surface area contributed by atoms with Gasteiger partial charge in [-0.25, -0.2) is 0 Å². The molecule has 80 valence electrons. The Labute approximate surface area is 91.5 Å². The lowest BCUT2D eigenvalue weighted by molar-refractivity contribution is -0.120. The number of carbonyl (C=O) groups is 1. The van der Waals surface area contributed by atoms with E-state index in [0.717, 1.165) is 38.0 Å². The zero-order chi connectivity index (χ0) is 10.7. The molecule has 1 aromatic carbocycles. The first kappa shape index (κ1) is 10.4. The molecule has 1 fully saturated rings. The minimum atomic E-state index is 0.455. The molecule has 0 amide bonds. The maximum absolute atomic E-state index is 11.1. The maximum Gasteiger partial charge on any atom is 0.132 e. The molecule has 0 unspecified atom stereocenters. The van der Waals surface area contributed by atoms with Crippen LogP contribution in [0.5, 0.6) is 0 Å². The summed E-state index contributed by atoms with van der Waals surface area (Å²) < 4.78 is 0. The fraction of sp³-hybridized carbons (Fsp3) is 0.500. The molecule has 1 heteroatoms. The normalized spacial score (nSPS) is 18.1. The molecule has 1 aliphatic rings. The molecule has 1 nitrogen and oxygen atoms in total. The van der Waals surface area contributed by atoms with Crippen molar-refractivity contribution in [2.24, 2.45) is 5.92 Å². The monoisotopic (exact) mass is 202 g/mol. The van der Waals surface area contributed by atoms with E-state index in [1.54, 1.807) is 0 Å². The van der Waals surface area contributed by atoms with Crippen LogP contribution in [0.3, 0.4) is 0 Å². The Kier molecular flexibility index (Phi) is 3.20. The van der Waals surface area contributed by atoms with Crippen LogP contribution in [0.25, 0.3) is 0 Å². The Balaban J connectivity index is 1.97. The van der Waals surface area contributed by atoms with Crippen molar-refractivity contribution in [2.75, 3.05) is 0 Å². The highest BCUT2D eigenvalue weighted by Gasteiger charge is 2.19. The van der Waals surface area contributed by atoms with Crippen molar-refractivity contribution < 1.29 is 4.79 Å². The molecule has 0 radical (unpaired) electrons. The van der Waals surface area contributed by atoms with Gasteiger partial charge >= 0.3 is 0 Å². The summed E-state index contributed by atoms with van der Waals surface area (Å²) >= 11 is 0. The lowest BCUT2D eigenvalue weighted by atomic mass is 9.83. The highest BCUT2D eigenvalue weighted by Crippen LogP contribution is 2.26. The van der Waals surface area contributed by atoms with Crippen molar-refractivity contribution in [1.82, 2.24) is 0 Å². The average Bonchev–Trinajstić information content (AvgIpc) is 2.25. The van der Waals surface area contributed by atoms with Gasteiger partial charge in [0, 0.05) is 12.8 Å². The summed E-state index contributed by atoms with van der Waals surface area (Å²) in [6.45, 7) is 2.17. The van der Waals surface area contributed by atoms with Gasteiger partial charge in [0.1, 0.15) is 5.78 Å². The van der Waals surface area contributed by atoms with Crippen molar-refractivity contribution in [3.8, 4) is 0 Å². The highest BCUT2D eigenvalue weighted by atomic mass is 16.1. The molecule has 0 bridgehead atoms. The fourth-order valence-electron chi connectivity index (χ4n) is 2.35. The van der Waals surface area contributed by atoms with Crippen LogP contribution >= 0.6 is 0 Å². The van der Waals surface area contributed by atoms with E-state index < -0.39 is 0 Å². The molecule has 0 atom stereocenters. The van der Waals surface area contributed by atoms with Gasteiger partial charge in [0.2, 0.25) is 0 Å². The fourth-order valence-corrected chi connectivity index (χ4v) is 2.35. The number of hydrogen-bond acceptors (Lipinski definition) is 1. The summed E-state index contributed by atoms with van der Waals surface area (Å²) in [6.07, 6.45) is 4.94. The first-order valence-electron chi connectivity index (χ1n) is 5.82. The molecule has 15 heavy (non-hydrogen) atoms. The standard InChI is InChI=1S/C14H18O/c1-11-4-2-3-5-13(11)10-12-6-8-14(15)9-7-12/h2-5,12H,6-10H2,1H3. The molecule has 1 aliphatic carbocycles. The van der Waals surface area contributed by atoms with Crippen LogP contribution in [0.15, 0.2) is 24.3 Å². The second-order valence-corrected chi connectivity index (χ2v) is 4.61. The lowest BCUT2D eigenvalue weighted by Gasteiger charge is -2.21. The van der Waals surface area contributed by atoms with Gasteiger partial charge in [-0.3, -0.25) is 4.79 Å². The SMILES string of the molecule is Cc1ccccc1CC1CCC(=O)CC1. The largest absolute Gasteiger partial charge is 0.300 e. The van der Waals surface area contributed by atoms with Crippen LogP contribution in [-0.2, 0) is 11.2 Å². The molecule has 0 aliphatic heterocycles. The number of benzene rings is 1. The quantitative estimate of drug-likeness (QED) is 0.719. The molecule has 0 saturated heterocycles. The zero-order valence-electron chi connectivity index (χ0n) is 9.33. The van der Waals surface area contributed by atoms with Gasteiger partial charge < -0.3 is 0 Å². The molecule has 1 aromatic rings. The molecule has 0 heterocycles. The van der Waals surface area contributed by atoms with E-state index in [4.69, 9.17) is 0 Å². The first-order chi connectivity index (χ1) is 7.25. The minimum absolute atomic E-state index is 0.455. The van der Waals surface area contributed by atoms with Crippen molar-refractivity contribution in [3.05, 3.63) is 35.4 Å². The Morgan fingerprint density at radius 3 is 2.53 bits per heavy atom. The Hall–Kier alpha value is -1.11. The topological polar surface area (TPSA) is 17.1 Å². The maximum atomic E-state index is 11.1. The van der Waals surface area contributed by atoms with Crippen molar-refractivity contribution in [2.45, 2.75) is 39.0 Å². The summed E-state index contributed by atoms with van der Waals surface area (Å²) in [7, 11) is 0. The number of carbonyl (C=O) groups excluding carboxylic acids is 1. The van der Waals surface area contributed by atoms with E-state index in [1.807, 2.05) is 0 Å². The van der Waals surface area contributed by atoms with Crippen LogP contribution in [-0.4, -0.2) is 5.78 Å². The van der Waals surface area contributed by atoms with Crippen molar-refractivity contribution >= 4 is 5.78 Å². The summed E-state index contributed by atoms with van der Waals surface area (Å²) in [5.41, 5.74) is 2.84. The van der Waals surface area contributed by atoms with Gasteiger partial charge in [-0.15, -0.1) is 0 Å². The number of rotatable bonds is 2. The van der Waals surface area contributed by atoms with Crippen LogP contribution in [0.4, 0.5) is 0 Å².